The van der Waals surface area contributed by atoms with E-state index in [2.05, 4.69) is 0 Å². The molecule has 1 aromatic rings. The van der Waals surface area contributed by atoms with E-state index in [-0.39, 0.29) is 18.6 Å². The van der Waals surface area contributed by atoms with Gasteiger partial charge < -0.3 is 14.4 Å². The predicted octanol–water partition coefficient (Wildman–Crippen LogP) is 2.21. The molecule has 1 saturated carbocycles. The van der Waals surface area contributed by atoms with Gasteiger partial charge in [-0.3, -0.25) is 4.79 Å². The first-order valence-corrected chi connectivity index (χ1v) is 6.56. The molecule has 1 amide bonds. The molecule has 18 heavy (non-hydrogen) atoms. The second-order valence-electron chi connectivity index (χ2n) is 5.18. The third-order valence-electron chi connectivity index (χ3n) is 3.89. The molecule has 2 rings (SSSR count). The summed E-state index contributed by atoms with van der Waals surface area (Å²) in [5, 5.41) is 9.11. The minimum Gasteiger partial charge on any atom is -0.456 e. The zero-order valence-corrected chi connectivity index (χ0v) is 11.1. The van der Waals surface area contributed by atoms with Crippen molar-refractivity contribution in [3.8, 4) is 0 Å². The van der Waals surface area contributed by atoms with Crippen LogP contribution in [0.3, 0.4) is 0 Å². The van der Waals surface area contributed by atoms with Crippen LogP contribution in [0, 0.1) is 12.8 Å². The lowest BCUT2D eigenvalue weighted by molar-refractivity contribution is 0.0621. The van der Waals surface area contributed by atoms with E-state index in [0.717, 1.165) is 31.4 Å². The third-order valence-corrected chi connectivity index (χ3v) is 3.89. The van der Waals surface area contributed by atoms with Crippen LogP contribution in [-0.2, 0) is 0 Å². The smallest absolute Gasteiger partial charge is 0.289 e. The number of furan rings is 1. The summed E-state index contributed by atoms with van der Waals surface area (Å²) in [4.78, 5) is 14.0. The number of amides is 1. The number of nitrogens with zero attached hydrogens (tertiary/aromatic N) is 1. The summed E-state index contributed by atoms with van der Waals surface area (Å²) in [6, 6.07) is 3.81. The maximum atomic E-state index is 12.2. The Bertz CT molecular complexity index is 405. The number of aliphatic hydroxyl groups excluding tert-OH is 1. The first kappa shape index (κ1) is 13.1. The molecule has 1 heterocycles. The molecule has 0 aromatic carbocycles. The van der Waals surface area contributed by atoms with Crippen molar-refractivity contribution in [1.29, 1.82) is 0 Å². The van der Waals surface area contributed by atoms with Crippen molar-refractivity contribution >= 4 is 5.91 Å². The van der Waals surface area contributed by atoms with Crippen LogP contribution in [0.1, 0.15) is 42.0 Å². The number of aryl methyl sites for hydroxylation is 1. The van der Waals surface area contributed by atoms with Gasteiger partial charge in [0, 0.05) is 19.7 Å². The number of rotatable bonds is 3. The molecule has 0 radical (unpaired) electrons. The largest absolute Gasteiger partial charge is 0.456 e. The highest BCUT2D eigenvalue weighted by Crippen LogP contribution is 2.27. The highest BCUT2D eigenvalue weighted by molar-refractivity contribution is 5.91. The molecule has 1 N–H and O–H groups in total. The SMILES string of the molecule is Cc1ccc(C(=O)N(C)C2CCC(CO)CC2)o1. The van der Waals surface area contributed by atoms with Gasteiger partial charge in [0.15, 0.2) is 5.76 Å². The normalized spacial score (nSPS) is 23.9. The Morgan fingerprint density at radius 2 is 2.06 bits per heavy atom. The molecule has 0 atom stereocenters. The van der Waals surface area contributed by atoms with E-state index in [1.165, 1.54) is 0 Å². The first-order valence-electron chi connectivity index (χ1n) is 6.56. The fourth-order valence-corrected chi connectivity index (χ4v) is 2.60. The van der Waals surface area contributed by atoms with E-state index in [1.807, 2.05) is 20.0 Å². The summed E-state index contributed by atoms with van der Waals surface area (Å²) in [6.07, 6.45) is 3.92. The fourth-order valence-electron chi connectivity index (χ4n) is 2.60. The minimum atomic E-state index is -0.0458. The van der Waals surface area contributed by atoms with Gasteiger partial charge >= 0.3 is 0 Å². The summed E-state index contributed by atoms with van der Waals surface area (Å²) in [6.45, 7) is 2.10. The Morgan fingerprint density at radius 1 is 1.39 bits per heavy atom. The molecule has 4 nitrogen and oxygen atoms in total. The topological polar surface area (TPSA) is 53.7 Å². The Hall–Kier alpha value is -1.29. The molecule has 1 aliphatic carbocycles. The fraction of sp³-hybridized carbons (Fsp3) is 0.643. The second-order valence-corrected chi connectivity index (χ2v) is 5.18. The van der Waals surface area contributed by atoms with E-state index in [0.29, 0.717) is 11.7 Å². The van der Waals surface area contributed by atoms with Gasteiger partial charge in [0.05, 0.1) is 0 Å². The van der Waals surface area contributed by atoms with E-state index < -0.39 is 0 Å². The Labute approximate surface area is 108 Å². The second kappa shape index (κ2) is 5.57. The highest BCUT2D eigenvalue weighted by Gasteiger charge is 2.27. The van der Waals surface area contributed by atoms with Crippen molar-refractivity contribution < 1.29 is 14.3 Å². The van der Waals surface area contributed by atoms with Crippen LogP contribution >= 0.6 is 0 Å². The van der Waals surface area contributed by atoms with Gasteiger partial charge in [0.2, 0.25) is 0 Å². The van der Waals surface area contributed by atoms with Crippen LogP contribution in [0.25, 0.3) is 0 Å². The van der Waals surface area contributed by atoms with Crippen LogP contribution in [0.4, 0.5) is 0 Å². The van der Waals surface area contributed by atoms with Crippen molar-refractivity contribution in [1.82, 2.24) is 4.90 Å². The quantitative estimate of drug-likeness (QED) is 0.896. The lowest BCUT2D eigenvalue weighted by Crippen LogP contribution is -2.39. The van der Waals surface area contributed by atoms with Gasteiger partial charge in [-0.2, -0.15) is 0 Å². The molecule has 4 heteroatoms. The molecule has 0 saturated heterocycles. The van der Waals surface area contributed by atoms with Gasteiger partial charge in [0.1, 0.15) is 5.76 Å². The van der Waals surface area contributed by atoms with Gasteiger partial charge in [-0.15, -0.1) is 0 Å². The van der Waals surface area contributed by atoms with Gasteiger partial charge in [-0.1, -0.05) is 0 Å². The molecule has 0 aliphatic heterocycles. The monoisotopic (exact) mass is 251 g/mol. The van der Waals surface area contributed by atoms with Crippen molar-refractivity contribution in [2.45, 2.75) is 38.6 Å². The molecule has 1 aliphatic rings. The molecule has 0 bridgehead atoms. The number of aliphatic hydroxyl groups is 1. The van der Waals surface area contributed by atoms with Crippen molar-refractivity contribution in [2.75, 3.05) is 13.7 Å². The van der Waals surface area contributed by atoms with Crippen molar-refractivity contribution in [3.63, 3.8) is 0 Å². The van der Waals surface area contributed by atoms with E-state index in [1.54, 1.807) is 11.0 Å². The Kier molecular flexibility index (Phi) is 4.07. The molecule has 100 valence electrons. The predicted molar refractivity (Wildman–Crippen MR) is 68.4 cm³/mol. The Morgan fingerprint density at radius 3 is 2.56 bits per heavy atom. The molecule has 1 aromatic heterocycles. The van der Waals surface area contributed by atoms with Crippen LogP contribution < -0.4 is 0 Å². The summed E-state index contributed by atoms with van der Waals surface area (Å²) in [7, 11) is 1.84. The van der Waals surface area contributed by atoms with Gasteiger partial charge in [-0.05, 0) is 50.7 Å². The summed E-state index contributed by atoms with van der Waals surface area (Å²) < 4.78 is 5.37. The number of carbonyl (C=O) groups is 1. The lowest BCUT2D eigenvalue weighted by Gasteiger charge is -2.33. The first-order chi connectivity index (χ1) is 8.61. The highest BCUT2D eigenvalue weighted by atomic mass is 16.3. The molecule has 1 fully saturated rings. The van der Waals surface area contributed by atoms with E-state index >= 15 is 0 Å². The standard InChI is InChI=1S/C14H21NO3/c1-10-3-8-13(18-10)14(17)15(2)12-6-4-11(9-16)5-7-12/h3,8,11-12,16H,4-7,9H2,1-2H3. The number of hydrogen-bond acceptors (Lipinski definition) is 3. The lowest BCUT2D eigenvalue weighted by atomic mass is 9.86. The molecular weight excluding hydrogens is 230 g/mol. The molecule has 0 spiro atoms. The van der Waals surface area contributed by atoms with E-state index in [9.17, 15) is 4.79 Å². The summed E-state index contributed by atoms with van der Waals surface area (Å²) in [5.74, 6) is 1.54. The minimum absolute atomic E-state index is 0.0458. The van der Waals surface area contributed by atoms with Crippen LogP contribution in [0.5, 0.6) is 0 Å². The maximum Gasteiger partial charge on any atom is 0.289 e. The summed E-state index contributed by atoms with van der Waals surface area (Å²) in [5.41, 5.74) is 0. The third kappa shape index (κ3) is 2.75. The molecule has 0 unspecified atom stereocenters. The zero-order chi connectivity index (χ0) is 13.1. The van der Waals surface area contributed by atoms with Crippen molar-refractivity contribution in [3.05, 3.63) is 23.7 Å². The number of hydrogen-bond donors (Lipinski definition) is 1. The number of carbonyl (C=O) groups excluding carboxylic acids is 1. The van der Waals surface area contributed by atoms with Gasteiger partial charge in [-0.25, -0.2) is 0 Å². The average molecular weight is 251 g/mol. The molecular formula is C14H21NO3. The van der Waals surface area contributed by atoms with Gasteiger partial charge in [0.25, 0.3) is 5.91 Å². The van der Waals surface area contributed by atoms with Crippen LogP contribution in [0.2, 0.25) is 0 Å². The summed E-state index contributed by atoms with van der Waals surface area (Å²) >= 11 is 0. The van der Waals surface area contributed by atoms with Crippen LogP contribution in [-0.4, -0.2) is 35.6 Å². The maximum absolute atomic E-state index is 12.2. The Balaban J connectivity index is 1.95. The average Bonchev–Trinajstić information content (AvgIpc) is 2.84. The zero-order valence-electron chi connectivity index (χ0n) is 11.1. The van der Waals surface area contributed by atoms with Crippen LogP contribution in [0.15, 0.2) is 16.5 Å². The van der Waals surface area contributed by atoms with E-state index in [4.69, 9.17) is 9.52 Å². The van der Waals surface area contributed by atoms with Crippen molar-refractivity contribution in [2.24, 2.45) is 5.92 Å².